The third-order valence-corrected chi connectivity index (χ3v) is 9.73. The minimum Gasteiger partial charge on any atom is -0.480 e. The summed E-state index contributed by atoms with van der Waals surface area (Å²) < 4.78 is 7.69. The van der Waals surface area contributed by atoms with Crippen LogP contribution in [0.2, 0.25) is 0 Å². The van der Waals surface area contributed by atoms with Crippen molar-refractivity contribution in [2.75, 3.05) is 0 Å². The van der Waals surface area contributed by atoms with Gasteiger partial charge in [-0.05, 0) is 38.0 Å². The van der Waals surface area contributed by atoms with Gasteiger partial charge in [0.1, 0.15) is 6.04 Å². The minimum absolute atomic E-state index is 0.191. The highest BCUT2D eigenvalue weighted by atomic mass is 127. The largest absolute Gasteiger partial charge is 0.480 e. The van der Waals surface area contributed by atoms with E-state index in [1.165, 1.54) is 0 Å². The topological polar surface area (TPSA) is 92.8 Å². The molecule has 2 rings (SSSR count). The van der Waals surface area contributed by atoms with Crippen LogP contribution in [0.1, 0.15) is 32.1 Å². The van der Waals surface area contributed by atoms with Crippen molar-refractivity contribution in [1.29, 1.82) is 0 Å². The fourth-order valence-electron chi connectivity index (χ4n) is 3.49. The molecule has 5 atom stereocenters. The maximum atomic E-state index is 11.0. The number of hydrogen-bond acceptors (Lipinski definition) is 4. The van der Waals surface area contributed by atoms with Gasteiger partial charge in [-0.1, -0.05) is 90.4 Å². The van der Waals surface area contributed by atoms with Crippen LogP contribution < -0.4 is 5.73 Å². The van der Waals surface area contributed by atoms with E-state index in [1.807, 2.05) is 0 Å². The summed E-state index contributed by atoms with van der Waals surface area (Å²) >= 11 is 9.57. The van der Waals surface area contributed by atoms with Crippen molar-refractivity contribution in [2.24, 2.45) is 11.7 Å². The average molecular weight is 789 g/mol. The molecule has 0 spiro atoms. The van der Waals surface area contributed by atoms with Crippen molar-refractivity contribution in [2.45, 2.75) is 72.2 Å². The molecular formula is C15H23I4NO4. The monoisotopic (exact) mass is 789 g/mol. The lowest BCUT2D eigenvalue weighted by Crippen LogP contribution is -2.48. The summed E-state index contributed by atoms with van der Waals surface area (Å²) in [6, 6.07) is -0.765. The lowest BCUT2D eigenvalue weighted by atomic mass is 9.83. The summed E-state index contributed by atoms with van der Waals surface area (Å²) in [6.07, 6.45) is 4.42. The Morgan fingerprint density at radius 3 is 2.00 bits per heavy atom. The molecule has 0 bridgehead atoms. The van der Waals surface area contributed by atoms with Crippen LogP contribution >= 0.6 is 90.4 Å². The zero-order valence-electron chi connectivity index (χ0n) is 13.0. The van der Waals surface area contributed by atoms with Gasteiger partial charge in [0.05, 0.1) is 18.3 Å². The minimum atomic E-state index is -0.912. The van der Waals surface area contributed by atoms with Gasteiger partial charge in [0.15, 0.2) is 0 Å². The number of aliphatic hydroxyl groups is 1. The number of aliphatic carboxylic acids is 1. The van der Waals surface area contributed by atoms with Crippen molar-refractivity contribution in [3.63, 3.8) is 0 Å². The smallest absolute Gasteiger partial charge is 0.320 e. The number of carboxylic acid groups (broad SMARTS) is 1. The number of nitrogens with two attached hydrogens (primary N) is 1. The first kappa shape index (κ1) is 22.6. The first-order valence-electron chi connectivity index (χ1n) is 8.07. The first-order valence-corrected chi connectivity index (χ1v) is 13.1. The lowest BCUT2D eigenvalue weighted by molar-refractivity contribution is -0.139. The van der Waals surface area contributed by atoms with Crippen molar-refractivity contribution in [3.05, 3.63) is 0 Å². The van der Waals surface area contributed by atoms with Gasteiger partial charge in [-0.2, -0.15) is 0 Å². The molecular weight excluding hydrogens is 766 g/mol. The molecule has 0 radical (unpaired) electrons. The quantitative estimate of drug-likeness (QED) is 0.294. The molecule has 2 fully saturated rings. The van der Waals surface area contributed by atoms with Crippen LogP contribution in [0.3, 0.4) is 0 Å². The second-order valence-electron chi connectivity index (χ2n) is 6.77. The van der Waals surface area contributed by atoms with Gasteiger partial charge < -0.3 is 20.7 Å². The van der Waals surface area contributed by atoms with Crippen LogP contribution in [0.25, 0.3) is 0 Å². The van der Waals surface area contributed by atoms with Crippen LogP contribution in [-0.2, 0) is 9.53 Å². The third-order valence-electron chi connectivity index (χ3n) is 4.80. The fraction of sp³-hybridized carbons (Fsp3) is 0.933. The number of aliphatic hydroxyl groups excluding tert-OH is 1. The molecule has 0 aromatic rings. The standard InChI is InChI=1S/C15H23I4NO4/c16-8-4-7(5-9(17)13(8)21)24-14-10(18)1-6(2-11(14)19)3-12(20)15(22)23/h6-14,21H,1-5,20H2,(H,22,23)/t6?,7?,8?,9?,10?,11?,12-,13?,14?/m0/s1. The molecule has 2 aliphatic rings. The van der Waals surface area contributed by atoms with Gasteiger partial charge in [0, 0.05) is 15.7 Å². The van der Waals surface area contributed by atoms with Crippen LogP contribution in [0.5, 0.6) is 0 Å². The first-order chi connectivity index (χ1) is 11.2. The molecule has 4 unspecified atom stereocenters. The molecule has 140 valence electrons. The number of alkyl halides is 4. The zero-order chi connectivity index (χ0) is 18.0. The van der Waals surface area contributed by atoms with Crippen molar-refractivity contribution in [3.8, 4) is 0 Å². The van der Waals surface area contributed by atoms with E-state index in [1.54, 1.807) is 0 Å². The summed E-state index contributed by atoms with van der Waals surface area (Å²) in [5, 5.41) is 19.1. The number of halogens is 4. The number of carboxylic acids is 1. The highest BCUT2D eigenvalue weighted by molar-refractivity contribution is 14.1. The molecule has 2 saturated carbocycles. The van der Waals surface area contributed by atoms with Crippen LogP contribution in [0, 0.1) is 5.92 Å². The number of carbonyl (C=O) groups is 1. The predicted octanol–water partition coefficient (Wildman–Crippen LogP) is 3.32. The van der Waals surface area contributed by atoms with E-state index in [-0.39, 0.29) is 26.2 Å². The molecule has 4 N–H and O–H groups in total. The molecule has 0 aliphatic heterocycles. The third kappa shape index (κ3) is 6.14. The molecule has 0 saturated heterocycles. The van der Waals surface area contributed by atoms with Gasteiger partial charge in [-0.15, -0.1) is 0 Å². The van der Waals surface area contributed by atoms with Gasteiger partial charge in [0.2, 0.25) is 0 Å². The second kappa shape index (κ2) is 10.2. The Morgan fingerprint density at radius 1 is 1.04 bits per heavy atom. The molecule has 0 aromatic carbocycles. The van der Waals surface area contributed by atoms with Crippen molar-refractivity contribution in [1.82, 2.24) is 0 Å². The molecule has 2 aliphatic carbocycles. The number of hydrogen-bond donors (Lipinski definition) is 3. The molecule has 5 nitrogen and oxygen atoms in total. The Hall–Kier alpha value is 2.27. The van der Waals surface area contributed by atoms with E-state index >= 15 is 0 Å². The normalized spacial score (nSPS) is 44.9. The zero-order valence-corrected chi connectivity index (χ0v) is 21.7. The summed E-state index contributed by atoms with van der Waals surface area (Å²) in [5.41, 5.74) is 5.70. The van der Waals surface area contributed by atoms with Gasteiger partial charge in [-0.25, -0.2) is 0 Å². The molecule has 24 heavy (non-hydrogen) atoms. The van der Waals surface area contributed by atoms with Gasteiger partial charge in [0.25, 0.3) is 0 Å². The Morgan fingerprint density at radius 2 is 1.54 bits per heavy atom. The number of ether oxygens (including phenoxy) is 1. The molecule has 9 heteroatoms. The molecule has 0 heterocycles. The van der Waals surface area contributed by atoms with E-state index in [0.717, 1.165) is 25.7 Å². The van der Waals surface area contributed by atoms with E-state index in [4.69, 9.17) is 15.6 Å². The summed E-state index contributed by atoms with van der Waals surface area (Å²) in [7, 11) is 0. The summed E-state index contributed by atoms with van der Waals surface area (Å²) in [6.45, 7) is 0. The Bertz CT molecular complexity index is 420. The van der Waals surface area contributed by atoms with Gasteiger partial charge >= 0.3 is 5.97 Å². The lowest BCUT2D eigenvalue weighted by Gasteiger charge is -2.42. The van der Waals surface area contributed by atoms with E-state index in [9.17, 15) is 9.90 Å². The van der Waals surface area contributed by atoms with E-state index in [2.05, 4.69) is 90.4 Å². The summed E-state index contributed by atoms with van der Waals surface area (Å²) in [5.74, 6) is -0.562. The Labute approximate surface area is 197 Å². The second-order valence-corrected chi connectivity index (χ2v) is 13.2. The predicted molar refractivity (Wildman–Crippen MR) is 128 cm³/mol. The maximum Gasteiger partial charge on any atom is 0.320 e. The van der Waals surface area contributed by atoms with Crippen LogP contribution in [0.15, 0.2) is 0 Å². The number of rotatable bonds is 5. The van der Waals surface area contributed by atoms with Crippen molar-refractivity contribution < 1.29 is 19.7 Å². The maximum absolute atomic E-state index is 11.0. The highest BCUT2D eigenvalue weighted by Gasteiger charge is 2.41. The average Bonchev–Trinajstić information content (AvgIpc) is 2.48. The highest BCUT2D eigenvalue weighted by Crippen LogP contribution is 2.40. The van der Waals surface area contributed by atoms with E-state index in [0.29, 0.717) is 20.2 Å². The van der Waals surface area contributed by atoms with Crippen LogP contribution in [-0.4, -0.2) is 56.2 Å². The fourth-order valence-corrected chi connectivity index (χ4v) is 9.99. The van der Waals surface area contributed by atoms with Crippen LogP contribution in [0.4, 0.5) is 0 Å². The molecule has 0 aromatic heterocycles. The Kier molecular flexibility index (Phi) is 9.55. The Balaban J connectivity index is 1.90. The van der Waals surface area contributed by atoms with E-state index < -0.39 is 12.0 Å². The van der Waals surface area contributed by atoms with Crippen molar-refractivity contribution >= 4 is 96.3 Å². The SMILES string of the molecule is N[C@@H](CC1CC(I)C(OC2CC(I)C(O)C(I)C2)C(I)C1)C(=O)O. The molecule has 0 amide bonds. The van der Waals surface area contributed by atoms with Gasteiger partial charge in [-0.3, -0.25) is 4.79 Å². The summed E-state index contributed by atoms with van der Waals surface area (Å²) in [4.78, 5) is 11.0.